The first kappa shape index (κ1) is 13.3. The van der Waals surface area contributed by atoms with Crippen LogP contribution in [0.5, 0.6) is 0 Å². The number of hydrogen-bond acceptors (Lipinski definition) is 3. The molecule has 1 N–H and O–H groups in total. The third kappa shape index (κ3) is 3.01. The van der Waals surface area contributed by atoms with Gasteiger partial charge in [0.1, 0.15) is 11.6 Å². The van der Waals surface area contributed by atoms with Gasteiger partial charge in [-0.1, -0.05) is 34.6 Å². The Bertz CT molecular complexity index is 420. The monoisotopic (exact) mass is 247 g/mol. The molecule has 1 heterocycles. The number of nitrogens with zero attached hydrogens (tertiary/aromatic N) is 2. The van der Waals surface area contributed by atoms with Crippen molar-refractivity contribution in [2.45, 2.75) is 58.8 Å². The van der Waals surface area contributed by atoms with Crippen LogP contribution >= 0.6 is 0 Å². The van der Waals surface area contributed by atoms with Crippen molar-refractivity contribution >= 4 is 5.82 Å². The van der Waals surface area contributed by atoms with Crippen molar-refractivity contribution in [3.63, 3.8) is 0 Å². The van der Waals surface area contributed by atoms with E-state index >= 15 is 0 Å². The van der Waals surface area contributed by atoms with Gasteiger partial charge in [0.05, 0.1) is 5.69 Å². The van der Waals surface area contributed by atoms with E-state index in [-0.39, 0.29) is 5.41 Å². The first-order chi connectivity index (χ1) is 8.41. The summed E-state index contributed by atoms with van der Waals surface area (Å²) in [6, 6.07) is 2.10. The quantitative estimate of drug-likeness (QED) is 0.881. The summed E-state index contributed by atoms with van der Waals surface area (Å²) < 4.78 is 0. The van der Waals surface area contributed by atoms with Crippen molar-refractivity contribution in [3.8, 4) is 0 Å². The predicted molar refractivity (Wildman–Crippen MR) is 76.0 cm³/mol. The van der Waals surface area contributed by atoms with Crippen LogP contribution in [0.1, 0.15) is 64.9 Å². The fourth-order valence-corrected chi connectivity index (χ4v) is 2.04. The van der Waals surface area contributed by atoms with Crippen LogP contribution in [-0.2, 0) is 5.41 Å². The minimum atomic E-state index is 0.0818. The van der Waals surface area contributed by atoms with Gasteiger partial charge in [0, 0.05) is 23.9 Å². The minimum Gasteiger partial charge on any atom is -0.370 e. The predicted octanol–water partition coefficient (Wildman–Crippen LogP) is 3.72. The molecule has 0 amide bonds. The van der Waals surface area contributed by atoms with Gasteiger partial charge in [-0.3, -0.25) is 0 Å². The van der Waals surface area contributed by atoms with Crippen LogP contribution in [-0.4, -0.2) is 16.5 Å². The SMILES string of the molecule is CCCNc1cc(C(C)(C)C)nc(C2CC2C)n1. The fraction of sp³-hybridized carbons (Fsp3) is 0.733. The van der Waals surface area contributed by atoms with Crippen LogP contribution in [0.3, 0.4) is 0 Å². The molecule has 1 aromatic rings. The molecule has 3 nitrogen and oxygen atoms in total. The second kappa shape index (κ2) is 4.87. The fourth-order valence-electron chi connectivity index (χ4n) is 2.04. The van der Waals surface area contributed by atoms with Crippen LogP contribution in [0.4, 0.5) is 5.82 Å². The number of rotatable bonds is 4. The van der Waals surface area contributed by atoms with Crippen molar-refractivity contribution in [1.82, 2.24) is 9.97 Å². The highest BCUT2D eigenvalue weighted by Crippen LogP contribution is 2.45. The Kier molecular flexibility index (Phi) is 3.60. The average Bonchev–Trinajstić information content (AvgIpc) is 3.02. The molecule has 1 fully saturated rings. The van der Waals surface area contributed by atoms with E-state index in [1.165, 1.54) is 6.42 Å². The molecule has 2 atom stereocenters. The largest absolute Gasteiger partial charge is 0.370 e. The van der Waals surface area contributed by atoms with Gasteiger partial charge in [-0.25, -0.2) is 9.97 Å². The minimum absolute atomic E-state index is 0.0818. The average molecular weight is 247 g/mol. The topological polar surface area (TPSA) is 37.8 Å². The number of aromatic nitrogens is 2. The smallest absolute Gasteiger partial charge is 0.134 e. The molecule has 1 aromatic heterocycles. The van der Waals surface area contributed by atoms with Gasteiger partial charge < -0.3 is 5.32 Å². The molecule has 0 aromatic carbocycles. The molecule has 1 saturated carbocycles. The first-order valence-electron chi connectivity index (χ1n) is 7.05. The Labute approximate surface area is 110 Å². The second-order valence-electron chi connectivity index (χ2n) is 6.49. The molecule has 3 heteroatoms. The number of nitrogens with one attached hydrogen (secondary N) is 1. The van der Waals surface area contributed by atoms with Crippen LogP contribution in [0, 0.1) is 5.92 Å². The summed E-state index contributed by atoms with van der Waals surface area (Å²) in [6.45, 7) is 12.0. The molecule has 2 rings (SSSR count). The van der Waals surface area contributed by atoms with Crippen molar-refractivity contribution < 1.29 is 0 Å². The van der Waals surface area contributed by atoms with Crippen LogP contribution in [0.25, 0.3) is 0 Å². The van der Waals surface area contributed by atoms with Gasteiger partial charge in [0.2, 0.25) is 0 Å². The summed E-state index contributed by atoms with van der Waals surface area (Å²) in [6.07, 6.45) is 2.35. The molecule has 2 unspecified atom stereocenters. The van der Waals surface area contributed by atoms with E-state index in [2.05, 4.69) is 51.0 Å². The van der Waals surface area contributed by atoms with E-state index in [4.69, 9.17) is 4.98 Å². The lowest BCUT2D eigenvalue weighted by atomic mass is 9.92. The van der Waals surface area contributed by atoms with Gasteiger partial charge in [-0.2, -0.15) is 0 Å². The maximum Gasteiger partial charge on any atom is 0.134 e. The highest BCUT2D eigenvalue weighted by atomic mass is 15.0. The van der Waals surface area contributed by atoms with Crippen molar-refractivity contribution in [2.75, 3.05) is 11.9 Å². The maximum atomic E-state index is 4.77. The second-order valence-corrected chi connectivity index (χ2v) is 6.49. The number of hydrogen-bond donors (Lipinski definition) is 1. The van der Waals surface area contributed by atoms with Gasteiger partial charge in [-0.05, 0) is 18.8 Å². The molecule has 100 valence electrons. The van der Waals surface area contributed by atoms with Gasteiger partial charge >= 0.3 is 0 Å². The normalized spacial score (nSPS) is 22.9. The zero-order valence-electron chi connectivity index (χ0n) is 12.2. The van der Waals surface area contributed by atoms with E-state index in [1.54, 1.807) is 0 Å². The van der Waals surface area contributed by atoms with Crippen LogP contribution in [0.15, 0.2) is 6.07 Å². The zero-order chi connectivity index (χ0) is 13.3. The summed E-state index contributed by atoms with van der Waals surface area (Å²) in [4.78, 5) is 9.45. The highest BCUT2D eigenvalue weighted by Gasteiger charge is 2.37. The molecule has 1 aliphatic rings. The summed E-state index contributed by atoms with van der Waals surface area (Å²) in [7, 11) is 0. The highest BCUT2D eigenvalue weighted by molar-refractivity contribution is 5.39. The van der Waals surface area contributed by atoms with Gasteiger partial charge in [0.25, 0.3) is 0 Å². The Morgan fingerprint density at radius 1 is 1.33 bits per heavy atom. The standard InChI is InChI=1S/C15H25N3/c1-6-7-16-13-9-12(15(3,4)5)17-14(18-13)11-8-10(11)2/h9-11H,6-8H2,1-5H3,(H,16,17,18). The molecule has 18 heavy (non-hydrogen) atoms. The number of anilines is 1. The maximum absolute atomic E-state index is 4.77. The summed E-state index contributed by atoms with van der Waals surface area (Å²) in [5.74, 6) is 3.35. The lowest BCUT2D eigenvalue weighted by molar-refractivity contribution is 0.561. The Morgan fingerprint density at radius 2 is 2.00 bits per heavy atom. The van der Waals surface area contributed by atoms with Crippen LogP contribution in [0.2, 0.25) is 0 Å². The Balaban J connectivity index is 2.29. The van der Waals surface area contributed by atoms with Crippen molar-refractivity contribution in [1.29, 1.82) is 0 Å². The van der Waals surface area contributed by atoms with E-state index in [1.807, 2.05) is 0 Å². The van der Waals surface area contributed by atoms with Gasteiger partial charge in [0.15, 0.2) is 0 Å². The zero-order valence-corrected chi connectivity index (χ0v) is 12.2. The van der Waals surface area contributed by atoms with Crippen LogP contribution < -0.4 is 5.32 Å². The van der Waals surface area contributed by atoms with E-state index in [0.29, 0.717) is 5.92 Å². The lowest BCUT2D eigenvalue weighted by Crippen LogP contribution is -2.17. The Hall–Kier alpha value is -1.12. The Morgan fingerprint density at radius 3 is 2.50 bits per heavy atom. The summed E-state index contributed by atoms with van der Waals surface area (Å²) >= 11 is 0. The molecule has 0 bridgehead atoms. The lowest BCUT2D eigenvalue weighted by Gasteiger charge is -2.19. The molecule has 0 aliphatic heterocycles. The van der Waals surface area contributed by atoms with Gasteiger partial charge in [-0.15, -0.1) is 0 Å². The molecular weight excluding hydrogens is 222 g/mol. The van der Waals surface area contributed by atoms with E-state index < -0.39 is 0 Å². The summed E-state index contributed by atoms with van der Waals surface area (Å²) in [5, 5.41) is 3.39. The first-order valence-corrected chi connectivity index (χ1v) is 7.05. The molecule has 0 spiro atoms. The summed E-state index contributed by atoms with van der Waals surface area (Å²) in [5.41, 5.74) is 1.23. The molecule has 1 aliphatic carbocycles. The van der Waals surface area contributed by atoms with Crippen molar-refractivity contribution in [3.05, 3.63) is 17.6 Å². The molecule has 0 radical (unpaired) electrons. The molecule has 0 saturated heterocycles. The third-order valence-corrected chi connectivity index (χ3v) is 3.51. The third-order valence-electron chi connectivity index (χ3n) is 3.51. The molecular formula is C15H25N3. The van der Waals surface area contributed by atoms with E-state index in [9.17, 15) is 0 Å². The van der Waals surface area contributed by atoms with E-state index in [0.717, 1.165) is 36.2 Å². The van der Waals surface area contributed by atoms with Crippen molar-refractivity contribution in [2.24, 2.45) is 5.92 Å².